The third-order valence-electron chi connectivity index (χ3n) is 2.39. The molecule has 0 bridgehead atoms. The van der Waals surface area contributed by atoms with Crippen LogP contribution in [0.15, 0.2) is 34.9 Å². The molecule has 1 aromatic carbocycles. The van der Waals surface area contributed by atoms with E-state index < -0.39 is 0 Å². The predicted molar refractivity (Wildman–Crippen MR) is 68.5 cm³/mol. The molecule has 0 radical (unpaired) electrons. The Morgan fingerprint density at radius 1 is 1.29 bits per heavy atom. The van der Waals surface area contributed by atoms with Gasteiger partial charge in [0.15, 0.2) is 0 Å². The van der Waals surface area contributed by atoms with E-state index in [1.54, 1.807) is 4.68 Å². The molecule has 0 saturated carbocycles. The number of benzene rings is 1. The zero-order valence-electron chi connectivity index (χ0n) is 9.21. The average molecular weight is 294 g/mol. The summed E-state index contributed by atoms with van der Waals surface area (Å²) in [7, 11) is 0. The van der Waals surface area contributed by atoms with E-state index in [4.69, 9.17) is 0 Å². The fourth-order valence-corrected chi connectivity index (χ4v) is 1.76. The van der Waals surface area contributed by atoms with Crippen molar-refractivity contribution < 1.29 is 4.79 Å². The Hall–Kier alpha value is -1.49. The van der Waals surface area contributed by atoms with Crippen molar-refractivity contribution in [3.05, 3.63) is 34.9 Å². The molecule has 0 spiro atoms. The van der Waals surface area contributed by atoms with Gasteiger partial charge in [-0.25, -0.2) is 0 Å². The first-order chi connectivity index (χ1) is 8.29. The van der Waals surface area contributed by atoms with Crippen molar-refractivity contribution >= 4 is 22.2 Å². The van der Waals surface area contributed by atoms with Gasteiger partial charge in [-0.3, -0.25) is 4.68 Å². The quantitative estimate of drug-likeness (QED) is 0.629. The highest BCUT2D eigenvalue weighted by atomic mass is 79.9. The zero-order chi connectivity index (χ0) is 12.1. The standard InChI is InChI=1S/C12H12BrN3O/c13-11-5-3-10(4-6-11)12-9-16(15-14-12)7-1-2-8-17/h3-6,8-9H,1-2,7H2. The number of rotatable bonds is 5. The van der Waals surface area contributed by atoms with E-state index in [2.05, 4.69) is 26.2 Å². The summed E-state index contributed by atoms with van der Waals surface area (Å²) in [6, 6.07) is 7.93. The number of aryl methyl sites for hydroxylation is 1. The van der Waals surface area contributed by atoms with Crippen LogP contribution in [0.2, 0.25) is 0 Å². The number of nitrogens with zero attached hydrogens (tertiary/aromatic N) is 3. The lowest BCUT2D eigenvalue weighted by Gasteiger charge is -1.96. The molecule has 2 rings (SSSR count). The average Bonchev–Trinajstić information content (AvgIpc) is 2.79. The van der Waals surface area contributed by atoms with Gasteiger partial charge in [-0.05, 0) is 18.6 Å². The fraction of sp³-hybridized carbons (Fsp3) is 0.250. The first kappa shape index (κ1) is 12.0. The van der Waals surface area contributed by atoms with Crippen LogP contribution in [0.5, 0.6) is 0 Å². The molecule has 0 aliphatic carbocycles. The van der Waals surface area contributed by atoms with Gasteiger partial charge >= 0.3 is 0 Å². The van der Waals surface area contributed by atoms with E-state index in [0.29, 0.717) is 6.42 Å². The first-order valence-electron chi connectivity index (χ1n) is 5.39. The van der Waals surface area contributed by atoms with Crippen LogP contribution in [0.1, 0.15) is 12.8 Å². The molecule has 4 nitrogen and oxygen atoms in total. The van der Waals surface area contributed by atoms with Gasteiger partial charge in [-0.2, -0.15) is 0 Å². The minimum absolute atomic E-state index is 0.563. The molecular weight excluding hydrogens is 282 g/mol. The molecule has 0 saturated heterocycles. The molecular formula is C12H12BrN3O. The van der Waals surface area contributed by atoms with Crippen LogP contribution >= 0.6 is 15.9 Å². The van der Waals surface area contributed by atoms with Gasteiger partial charge < -0.3 is 4.79 Å². The molecule has 0 atom stereocenters. The van der Waals surface area contributed by atoms with E-state index in [-0.39, 0.29) is 0 Å². The van der Waals surface area contributed by atoms with Gasteiger partial charge in [-0.15, -0.1) is 5.10 Å². The Labute approximate surface area is 108 Å². The van der Waals surface area contributed by atoms with Gasteiger partial charge in [-0.1, -0.05) is 33.3 Å². The van der Waals surface area contributed by atoms with Crippen LogP contribution in [0, 0.1) is 0 Å². The van der Waals surface area contributed by atoms with Crippen molar-refractivity contribution in [2.45, 2.75) is 19.4 Å². The first-order valence-corrected chi connectivity index (χ1v) is 6.18. The molecule has 0 N–H and O–H groups in total. The molecule has 17 heavy (non-hydrogen) atoms. The van der Waals surface area contributed by atoms with Gasteiger partial charge in [0.05, 0.1) is 6.20 Å². The number of carbonyl (C=O) groups excluding carboxylic acids is 1. The van der Waals surface area contributed by atoms with Crippen LogP contribution in [-0.4, -0.2) is 21.3 Å². The second-order valence-electron chi connectivity index (χ2n) is 3.68. The van der Waals surface area contributed by atoms with Crippen molar-refractivity contribution in [3.8, 4) is 11.3 Å². The number of aromatic nitrogens is 3. The van der Waals surface area contributed by atoms with Crippen LogP contribution in [0.3, 0.4) is 0 Å². The smallest absolute Gasteiger partial charge is 0.120 e. The lowest BCUT2D eigenvalue weighted by Crippen LogP contribution is -1.98. The number of unbranched alkanes of at least 4 members (excludes halogenated alkanes) is 1. The Kier molecular flexibility index (Phi) is 4.03. The van der Waals surface area contributed by atoms with Crippen LogP contribution in [-0.2, 0) is 11.3 Å². The van der Waals surface area contributed by atoms with Crippen LogP contribution in [0.4, 0.5) is 0 Å². The third kappa shape index (κ3) is 3.23. The number of halogens is 1. The summed E-state index contributed by atoms with van der Waals surface area (Å²) in [6.07, 6.45) is 4.18. The molecule has 0 amide bonds. The highest BCUT2D eigenvalue weighted by molar-refractivity contribution is 9.10. The minimum atomic E-state index is 0.563. The summed E-state index contributed by atoms with van der Waals surface area (Å²) in [5.41, 5.74) is 1.89. The molecule has 5 heteroatoms. The molecule has 2 aromatic rings. The van der Waals surface area contributed by atoms with Crippen LogP contribution in [0.25, 0.3) is 11.3 Å². The number of carbonyl (C=O) groups is 1. The zero-order valence-corrected chi connectivity index (χ0v) is 10.8. The molecule has 0 aliphatic heterocycles. The second kappa shape index (κ2) is 5.72. The normalized spacial score (nSPS) is 10.4. The lowest BCUT2D eigenvalue weighted by molar-refractivity contribution is -0.107. The number of hydrogen-bond donors (Lipinski definition) is 0. The monoisotopic (exact) mass is 293 g/mol. The summed E-state index contributed by atoms with van der Waals surface area (Å²) in [5.74, 6) is 0. The van der Waals surface area contributed by atoms with E-state index in [9.17, 15) is 4.79 Å². The minimum Gasteiger partial charge on any atom is -0.303 e. The van der Waals surface area contributed by atoms with E-state index in [0.717, 1.165) is 35.0 Å². The fourth-order valence-electron chi connectivity index (χ4n) is 1.50. The van der Waals surface area contributed by atoms with Crippen molar-refractivity contribution in [2.75, 3.05) is 0 Å². The maximum absolute atomic E-state index is 10.2. The molecule has 1 aromatic heterocycles. The van der Waals surface area contributed by atoms with Crippen molar-refractivity contribution in [2.24, 2.45) is 0 Å². The summed E-state index contributed by atoms with van der Waals surface area (Å²) >= 11 is 3.39. The SMILES string of the molecule is O=CCCCn1cc(-c2ccc(Br)cc2)nn1. The van der Waals surface area contributed by atoms with Gasteiger partial charge in [0.2, 0.25) is 0 Å². The maximum atomic E-state index is 10.2. The Bertz CT molecular complexity index is 493. The van der Waals surface area contributed by atoms with Crippen molar-refractivity contribution in [1.82, 2.24) is 15.0 Å². The lowest BCUT2D eigenvalue weighted by atomic mass is 10.2. The van der Waals surface area contributed by atoms with Gasteiger partial charge in [0.1, 0.15) is 12.0 Å². The van der Waals surface area contributed by atoms with Crippen molar-refractivity contribution in [3.63, 3.8) is 0 Å². The van der Waals surface area contributed by atoms with Crippen molar-refractivity contribution in [1.29, 1.82) is 0 Å². The molecule has 0 unspecified atom stereocenters. The van der Waals surface area contributed by atoms with E-state index in [1.165, 1.54) is 0 Å². The highest BCUT2D eigenvalue weighted by Gasteiger charge is 2.03. The summed E-state index contributed by atoms with van der Waals surface area (Å²) in [4.78, 5) is 10.2. The Morgan fingerprint density at radius 3 is 2.76 bits per heavy atom. The predicted octanol–water partition coefficient (Wildman–Crippen LogP) is 2.69. The second-order valence-corrected chi connectivity index (χ2v) is 4.60. The van der Waals surface area contributed by atoms with E-state index >= 15 is 0 Å². The summed E-state index contributed by atoms with van der Waals surface area (Å²) < 4.78 is 2.81. The topological polar surface area (TPSA) is 47.8 Å². The maximum Gasteiger partial charge on any atom is 0.120 e. The third-order valence-corrected chi connectivity index (χ3v) is 2.92. The Morgan fingerprint density at radius 2 is 2.06 bits per heavy atom. The largest absolute Gasteiger partial charge is 0.303 e. The highest BCUT2D eigenvalue weighted by Crippen LogP contribution is 2.19. The molecule has 0 fully saturated rings. The molecule has 88 valence electrons. The summed E-state index contributed by atoms with van der Waals surface area (Å²) in [6.45, 7) is 0.724. The van der Waals surface area contributed by atoms with Crippen LogP contribution < -0.4 is 0 Å². The molecule has 1 heterocycles. The van der Waals surface area contributed by atoms with Gasteiger partial charge in [0, 0.05) is 23.0 Å². The summed E-state index contributed by atoms with van der Waals surface area (Å²) in [5, 5.41) is 8.13. The Balaban J connectivity index is 2.07. The van der Waals surface area contributed by atoms with Gasteiger partial charge in [0.25, 0.3) is 0 Å². The van der Waals surface area contributed by atoms with E-state index in [1.807, 2.05) is 30.5 Å². The molecule has 0 aliphatic rings. The number of hydrogen-bond acceptors (Lipinski definition) is 3. The number of aldehydes is 1.